The van der Waals surface area contributed by atoms with Crippen LogP contribution in [0.2, 0.25) is 0 Å². The van der Waals surface area contributed by atoms with Gasteiger partial charge in [-0.15, -0.1) is 0 Å². The van der Waals surface area contributed by atoms with E-state index in [0.717, 1.165) is 17.9 Å². The molecule has 0 aliphatic heterocycles. The van der Waals surface area contributed by atoms with E-state index in [4.69, 9.17) is 9.52 Å². The summed E-state index contributed by atoms with van der Waals surface area (Å²) in [6, 6.07) is 0.100. The highest BCUT2D eigenvalue weighted by molar-refractivity contribution is 7.99. The summed E-state index contributed by atoms with van der Waals surface area (Å²) in [5.41, 5.74) is 1.06. The van der Waals surface area contributed by atoms with E-state index in [-0.39, 0.29) is 24.1 Å². The Morgan fingerprint density at radius 3 is 2.71 bits per heavy atom. The fourth-order valence-electron chi connectivity index (χ4n) is 2.02. The van der Waals surface area contributed by atoms with Gasteiger partial charge in [0, 0.05) is 18.7 Å². The molecule has 1 N–H and O–H groups in total. The Bertz CT molecular complexity index is 498. The average Bonchev–Trinajstić information content (AvgIpc) is 2.77. The number of nitrogens with zero attached hydrogens (tertiary/aromatic N) is 1. The zero-order valence-corrected chi connectivity index (χ0v) is 13.8. The minimum absolute atomic E-state index is 0.100. The topological polar surface area (TPSA) is 70.8 Å². The van der Waals surface area contributed by atoms with Crippen LogP contribution in [0.1, 0.15) is 41.9 Å². The highest BCUT2D eigenvalue weighted by Crippen LogP contribution is 2.21. The van der Waals surface area contributed by atoms with Crippen molar-refractivity contribution >= 4 is 23.6 Å². The van der Waals surface area contributed by atoms with Gasteiger partial charge in [0.25, 0.3) is 5.91 Å². The molecule has 0 aliphatic rings. The Hall–Kier alpha value is -1.43. The van der Waals surface area contributed by atoms with E-state index in [1.54, 1.807) is 18.9 Å². The maximum Gasteiger partial charge on any atom is 0.311 e. The lowest BCUT2D eigenvalue weighted by molar-refractivity contribution is -0.136. The lowest BCUT2D eigenvalue weighted by Crippen LogP contribution is -2.36. The summed E-state index contributed by atoms with van der Waals surface area (Å²) in [4.78, 5) is 25.1. The fraction of sp³-hybridized carbons (Fsp3) is 0.600. The molecule has 6 heteroatoms. The third-order valence-electron chi connectivity index (χ3n) is 3.44. The highest BCUT2D eigenvalue weighted by Gasteiger charge is 2.25. The summed E-state index contributed by atoms with van der Waals surface area (Å²) in [6.07, 6.45) is 2.08. The van der Waals surface area contributed by atoms with Gasteiger partial charge in [-0.05, 0) is 31.8 Å². The van der Waals surface area contributed by atoms with Gasteiger partial charge in [-0.3, -0.25) is 9.59 Å². The molecular formula is C15H23NO4S. The Kier molecular flexibility index (Phi) is 6.81. The first-order chi connectivity index (χ1) is 9.88. The monoisotopic (exact) mass is 313 g/mol. The number of aliphatic carboxylic acids is 1. The number of carboxylic acids is 1. The number of carbonyl (C=O) groups excluding carboxylic acids is 1. The zero-order chi connectivity index (χ0) is 16.0. The van der Waals surface area contributed by atoms with Gasteiger partial charge in [0.15, 0.2) is 0 Å². The molecule has 0 aliphatic carbocycles. The lowest BCUT2D eigenvalue weighted by atomic mass is 10.1. The number of carboxylic acid groups (broad SMARTS) is 1. The second-order valence-corrected chi connectivity index (χ2v) is 6.43. The van der Waals surface area contributed by atoms with E-state index >= 15 is 0 Å². The van der Waals surface area contributed by atoms with Crippen molar-refractivity contribution < 1.29 is 19.1 Å². The quantitative estimate of drug-likeness (QED) is 0.747. The molecule has 0 bridgehead atoms. The van der Waals surface area contributed by atoms with Crippen molar-refractivity contribution in [2.24, 2.45) is 0 Å². The first-order valence-corrected chi connectivity index (χ1v) is 8.17. The second-order valence-electron chi connectivity index (χ2n) is 5.04. The number of thioether (sulfide) groups is 1. The minimum Gasteiger partial charge on any atom is -0.481 e. The predicted molar refractivity (Wildman–Crippen MR) is 84.0 cm³/mol. The van der Waals surface area contributed by atoms with Crippen molar-refractivity contribution in [3.63, 3.8) is 0 Å². The fourth-order valence-corrected chi connectivity index (χ4v) is 2.82. The van der Waals surface area contributed by atoms with Crippen LogP contribution in [-0.4, -0.2) is 46.5 Å². The number of aryl methyl sites for hydroxylation is 1. The van der Waals surface area contributed by atoms with Gasteiger partial charge in [-0.2, -0.15) is 11.8 Å². The smallest absolute Gasteiger partial charge is 0.311 e. The van der Waals surface area contributed by atoms with E-state index in [1.165, 1.54) is 6.26 Å². The molecule has 5 nitrogen and oxygen atoms in total. The Morgan fingerprint density at radius 2 is 2.14 bits per heavy atom. The van der Waals surface area contributed by atoms with Gasteiger partial charge in [0.05, 0.1) is 11.8 Å². The van der Waals surface area contributed by atoms with E-state index in [1.807, 2.05) is 18.7 Å². The molecule has 1 aromatic heterocycles. The number of hydrogen-bond acceptors (Lipinski definition) is 4. The van der Waals surface area contributed by atoms with Crippen LogP contribution in [0.5, 0.6) is 0 Å². The maximum absolute atomic E-state index is 12.6. The minimum atomic E-state index is -1.01. The molecule has 1 rings (SSSR count). The summed E-state index contributed by atoms with van der Waals surface area (Å²) in [5, 5.41) is 8.89. The summed E-state index contributed by atoms with van der Waals surface area (Å²) in [5.74, 6) is 1.11. The molecule has 0 fully saturated rings. The molecule has 1 atom stereocenters. The number of hydrogen-bond donors (Lipinski definition) is 1. The normalized spacial score (nSPS) is 12.2. The Morgan fingerprint density at radius 1 is 1.48 bits per heavy atom. The number of furan rings is 1. The third-order valence-corrected chi connectivity index (χ3v) is 4.38. The summed E-state index contributed by atoms with van der Waals surface area (Å²) in [7, 11) is 1.75. The number of rotatable bonds is 8. The van der Waals surface area contributed by atoms with Crippen LogP contribution in [0.4, 0.5) is 0 Å². The van der Waals surface area contributed by atoms with Crippen molar-refractivity contribution in [1.82, 2.24) is 4.90 Å². The van der Waals surface area contributed by atoms with Gasteiger partial charge in [0.2, 0.25) is 0 Å². The molecule has 1 unspecified atom stereocenters. The van der Waals surface area contributed by atoms with Crippen LogP contribution in [0.25, 0.3) is 0 Å². The van der Waals surface area contributed by atoms with Crippen LogP contribution < -0.4 is 0 Å². The third kappa shape index (κ3) is 4.81. The molecule has 0 saturated heterocycles. The molecule has 0 radical (unpaired) electrons. The number of amides is 1. The van der Waals surface area contributed by atoms with Crippen LogP contribution >= 0.6 is 11.8 Å². The van der Waals surface area contributed by atoms with Crippen molar-refractivity contribution in [2.75, 3.05) is 18.6 Å². The molecule has 1 amide bonds. The maximum atomic E-state index is 12.6. The van der Waals surface area contributed by atoms with E-state index in [0.29, 0.717) is 11.1 Å². The lowest BCUT2D eigenvalue weighted by Gasteiger charge is -2.25. The highest BCUT2D eigenvalue weighted by atomic mass is 32.2. The molecular weight excluding hydrogens is 290 g/mol. The Labute approximate surface area is 129 Å². The Balaban J connectivity index is 2.82. The van der Waals surface area contributed by atoms with Crippen LogP contribution in [-0.2, 0) is 11.2 Å². The summed E-state index contributed by atoms with van der Waals surface area (Å²) >= 11 is 1.84. The molecule has 21 heavy (non-hydrogen) atoms. The van der Waals surface area contributed by atoms with Crippen molar-refractivity contribution in [3.8, 4) is 0 Å². The van der Waals surface area contributed by atoms with Crippen molar-refractivity contribution in [3.05, 3.63) is 23.2 Å². The van der Waals surface area contributed by atoms with E-state index in [2.05, 4.69) is 6.92 Å². The zero-order valence-electron chi connectivity index (χ0n) is 13.0. The first kappa shape index (κ1) is 17.6. The molecule has 0 aromatic carbocycles. The van der Waals surface area contributed by atoms with Crippen LogP contribution in [0, 0.1) is 6.92 Å². The van der Waals surface area contributed by atoms with Gasteiger partial charge >= 0.3 is 5.97 Å². The van der Waals surface area contributed by atoms with E-state index in [9.17, 15) is 9.59 Å². The molecule has 1 heterocycles. The summed E-state index contributed by atoms with van der Waals surface area (Å²) in [6.45, 7) is 5.87. The van der Waals surface area contributed by atoms with Crippen molar-refractivity contribution in [2.45, 2.75) is 39.7 Å². The average molecular weight is 313 g/mol. The predicted octanol–water partition coefficient (Wildman–Crippen LogP) is 2.82. The molecule has 1 aromatic rings. The van der Waals surface area contributed by atoms with Crippen LogP contribution in [0.15, 0.2) is 10.7 Å². The SMILES string of the molecule is CCSCCC(C)N(C)C(=O)c1c(C)coc1CC(=O)O. The molecule has 118 valence electrons. The van der Waals surface area contributed by atoms with Gasteiger partial charge in [-0.25, -0.2) is 0 Å². The standard InChI is InChI=1S/C15H23NO4S/c1-5-21-7-6-11(3)16(4)15(19)14-10(2)9-20-12(14)8-13(17)18/h9,11H,5-8H2,1-4H3,(H,17,18). The van der Waals surface area contributed by atoms with Crippen molar-refractivity contribution in [1.29, 1.82) is 0 Å². The first-order valence-electron chi connectivity index (χ1n) is 7.02. The second kappa shape index (κ2) is 8.12. The van der Waals surface area contributed by atoms with E-state index < -0.39 is 5.97 Å². The largest absolute Gasteiger partial charge is 0.481 e. The van der Waals surface area contributed by atoms with Gasteiger partial charge < -0.3 is 14.4 Å². The summed E-state index contributed by atoms with van der Waals surface area (Å²) < 4.78 is 5.22. The number of carbonyl (C=O) groups is 2. The van der Waals surface area contributed by atoms with Gasteiger partial charge in [0.1, 0.15) is 12.2 Å². The molecule has 0 spiro atoms. The van der Waals surface area contributed by atoms with Gasteiger partial charge in [-0.1, -0.05) is 6.92 Å². The van der Waals surface area contributed by atoms with Crippen LogP contribution in [0.3, 0.4) is 0 Å². The molecule has 0 saturated carbocycles.